The second-order valence-corrected chi connectivity index (χ2v) is 6.05. The zero-order valence-corrected chi connectivity index (χ0v) is 15.2. The molecule has 0 aromatic heterocycles. The van der Waals surface area contributed by atoms with Crippen molar-refractivity contribution >= 4 is 12.1 Å². The summed E-state index contributed by atoms with van der Waals surface area (Å²) in [7, 11) is 0. The van der Waals surface area contributed by atoms with Crippen LogP contribution in [0.25, 0.3) is 0 Å². The first-order chi connectivity index (χ1) is 11.8. The number of rotatable bonds is 8. The highest BCUT2D eigenvalue weighted by molar-refractivity contribution is 5.73. The van der Waals surface area contributed by atoms with Gasteiger partial charge in [0.05, 0.1) is 6.61 Å². The Balaban J connectivity index is 2.11. The molecule has 0 saturated heterocycles. The van der Waals surface area contributed by atoms with Crippen LogP contribution in [0.4, 0.5) is 9.59 Å². The maximum atomic E-state index is 11.6. The van der Waals surface area contributed by atoms with E-state index in [9.17, 15) is 9.59 Å². The van der Waals surface area contributed by atoms with Gasteiger partial charge in [0, 0.05) is 13.1 Å². The van der Waals surface area contributed by atoms with Crippen molar-refractivity contribution in [1.29, 1.82) is 0 Å². The number of ether oxygens (including phenoxy) is 3. The maximum Gasteiger partial charge on any atom is 0.407 e. The Hall–Kier alpha value is -2.64. The van der Waals surface area contributed by atoms with Gasteiger partial charge in [-0.05, 0) is 52.0 Å². The number of carbonyl (C=O) groups excluding carboxylic acids is 2. The molecule has 1 aromatic carbocycles. The minimum Gasteiger partial charge on any atom is -0.494 e. The van der Waals surface area contributed by atoms with E-state index in [1.807, 2.05) is 6.92 Å². The van der Waals surface area contributed by atoms with Crippen LogP contribution in [-0.2, 0) is 4.74 Å². The largest absolute Gasteiger partial charge is 0.494 e. The summed E-state index contributed by atoms with van der Waals surface area (Å²) in [6, 6.07) is 6.71. The smallest absolute Gasteiger partial charge is 0.407 e. The molecule has 140 valence electrons. The number of nitrogens with one attached hydrogen (secondary N) is 3. The van der Waals surface area contributed by atoms with Gasteiger partial charge in [-0.25, -0.2) is 9.59 Å². The third-order valence-electron chi connectivity index (χ3n) is 2.69. The molecular weight excluding hydrogens is 326 g/mol. The van der Waals surface area contributed by atoms with E-state index in [1.54, 1.807) is 45.0 Å². The van der Waals surface area contributed by atoms with Gasteiger partial charge in [-0.2, -0.15) is 0 Å². The highest BCUT2D eigenvalue weighted by Gasteiger charge is 2.15. The Kier molecular flexibility index (Phi) is 8.38. The van der Waals surface area contributed by atoms with Crippen molar-refractivity contribution < 1.29 is 23.8 Å². The molecule has 0 fully saturated rings. The van der Waals surface area contributed by atoms with Crippen LogP contribution in [0.15, 0.2) is 24.3 Å². The normalized spacial score (nSPS) is 10.6. The summed E-state index contributed by atoms with van der Waals surface area (Å²) in [5, 5.41) is 7.69. The summed E-state index contributed by atoms with van der Waals surface area (Å²) in [5.41, 5.74) is -0.549. The lowest BCUT2D eigenvalue weighted by molar-refractivity contribution is 0.0528. The van der Waals surface area contributed by atoms with Gasteiger partial charge in [0.15, 0.2) is 6.73 Å². The van der Waals surface area contributed by atoms with Crippen molar-refractivity contribution in [2.45, 2.75) is 33.3 Å². The van der Waals surface area contributed by atoms with E-state index in [-0.39, 0.29) is 19.8 Å². The first-order valence-corrected chi connectivity index (χ1v) is 8.14. The second kappa shape index (κ2) is 10.3. The van der Waals surface area contributed by atoms with Gasteiger partial charge in [-0.3, -0.25) is 0 Å². The number of hydrogen-bond acceptors (Lipinski definition) is 5. The molecular formula is C17H27N3O5. The topological polar surface area (TPSA) is 97.9 Å². The fourth-order valence-electron chi connectivity index (χ4n) is 1.70. The van der Waals surface area contributed by atoms with Crippen molar-refractivity contribution in [1.82, 2.24) is 16.0 Å². The SMILES string of the molecule is CCOc1ccc(OCNC(=O)NCCNC(=O)OC(C)(C)C)cc1. The van der Waals surface area contributed by atoms with Crippen molar-refractivity contribution in [3.63, 3.8) is 0 Å². The van der Waals surface area contributed by atoms with Crippen LogP contribution >= 0.6 is 0 Å². The standard InChI is InChI=1S/C17H27N3O5/c1-5-23-13-6-8-14(9-7-13)24-12-20-15(21)18-10-11-19-16(22)25-17(2,3)4/h6-9H,5,10-12H2,1-4H3,(H,19,22)(H2,18,20,21). The fraction of sp³-hybridized carbons (Fsp3) is 0.529. The van der Waals surface area contributed by atoms with Gasteiger partial charge < -0.3 is 30.2 Å². The second-order valence-electron chi connectivity index (χ2n) is 6.05. The Bertz CT molecular complexity index is 540. The van der Waals surface area contributed by atoms with Crippen molar-refractivity contribution in [3.05, 3.63) is 24.3 Å². The molecule has 1 rings (SSSR count). The predicted octanol–water partition coefficient (Wildman–Crippen LogP) is 2.25. The third kappa shape index (κ3) is 9.95. The number of urea groups is 1. The van der Waals surface area contributed by atoms with E-state index >= 15 is 0 Å². The molecule has 1 aromatic rings. The molecule has 0 bridgehead atoms. The molecule has 25 heavy (non-hydrogen) atoms. The van der Waals surface area contributed by atoms with E-state index in [1.165, 1.54) is 0 Å². The third-order valence-corrected chi connectivity index (χ3v) is 2.69. The number of carbonyl (C=O) groups is 2. The van der Waals surface area contributed by atoms with Crippen LogP contribution in [0.1, 0.15) is 27.7 Å². The molecule has 0 spiro atoms. The summed E-state index contributed by atoms with van der Waals surface area (Å²) in [6.07, 6.45) is -0.520. The van der Waals surface area contributed by atoms with Gasteiger partial charge >= 0.3 is 12.1 Å². The minimum atomic E-state index is -0.549. The van der Waals surface area contributed by atoms with Gasteiger partial charge in [0.25, 0.3) is 0 Å². The lowest BCUT2D eigenvalue weighted by Gasteiger charge is -2.19. The zero-order valence-electron chi connectivity index (χ0n) is 15.2. The maximum absolute atomic E-state index is 11.6. The molecule has 3 N–H and O–H groups in total. The number of alkyl carbamates (subject to hydrolysis) is 1. The molecule has 0 atom stereocenters. The molecule has 0 heterocycles. The number of amides is 3. The van der Waals surface area contributed by atoms with Crippen molar-refractivity contribution in [2.75, 3.05) is 26.4 Å². The van der Waals surface area contributed by atoms with E-state index in [0.717, 1.165) is 5.75 Å². The van der Waals surface area contributed by atoms with Crippen LogP contribution in [0.5, 0.6) is 11.5 Å². The van der Waals surface area contributed by atoms with Crippen LogP contribution < -0.4 is 25.4 Å². The Labute approximate surface area is 148 Å². The minimum absolute atomic E-state index is 0.0271. The molecule has 0 aliphatic heterocycles. The lowest BCUT2D eigenvalue weighted by Crippen LogP contribution is -2.42. The highest BCUT2D eigenvalue weighted by Crippen LogP contribution is 2.17. The molecule has 0 radical (unpaired) electrons. The van der Waals surface area contributed by atoms with Crippen LogP contribution in [0.3, 0.4) is 0 Å². The van der Waals surface area contributed by atoms with Crippen LogP contribution in [0.2, 0.25) is 0 Å². The summed E-state index contributed by atoms with van der Waals surface area (Å²) in [5.74, 6) is 1.38. The average Bonchev–Trinajstić information content (AvgIpc) is 2.52. The highest BCUT2D eigenvalue weighted by atomic mass is 16.6. The van der Waals surface area contributed by atoms with E-state index in [0.29, 0.717) is 12.4 Å². The predicted molar refractivity (Wildman–Crippen MR) is 93.9 cm³/mol. The summed E-state index contributed by atoms with van der Waals surface area (Å²) >= 11 is 0. The van der Waals surface area contributed by atoms with Crippen molar-refractivity contribution in [2.24, 2.45) is 0 Å². The molecule has 0 aliphatic carbocycles. The first kappa shape index (κ1) is 20.4. The quantitative estimate of drug-likeness (QED) is 0.492. The van der Waals surface area contributed by atoms with Gasteiger partial charge in [0.1, 0.15) is 17.1 Å². The first-order valence-electron chi connectivity index (χ1n) is 8.14. The lowest BCUT2D eigenvalue weighted by atomic mass is 10.2. The summed E-state index contributed by atoms with van der Waals surface area (Å²) < 4.78 is 15.8. The molecule has 8 heteroatoms. The molecule has 0 aliphatic rings. The Morgan fingerprint density at radius 3 is 2.04 bits per heavy atom. The van der Waals surface area contributed by atoms with E-state index in [4.69, 9.17) is 14.2 Å². The Morgan fingerprint density at radius 2 is 1.48 bits per heavy atom. The monoisotopic (exact) mass is 353 g/mol. The van der Waals surface area contributed by atoms with Crippen LogP contribution in [0, 0.1) is 0 Å². The van der Waals surface area contributed by atoms with Gasteiger partial charge in [-0.15, -0.1) is 0 Å². The molecule has 3 amide bonds. The average molecular weight is 353 g/mol. The zero-order chi connectivity index (χ0) is 18.7. The number of hydrogen-bond donors (Lipinski definition) is 3. The van der Waals surface area contributed by atoms with Crippen molar-refractivity contribution in [3.8, 4) is 11.5 Å². The van der Waals surface area contributed by atoms with E-state index < -0.39 is 17.7 Å². The van der Waals surface area contributed by atoms with E-state index in [2.05, 4.69) is 16.0 Å². The van der Waals surface area contributed by atoms with Crippen LogP contribution in [-0.4, -0.2) is 44.2 Å². The molecule has 8 nitrogen and oxygen atoms in total. The number of benzene rings is 1. The van der Waals surface area contributed by atoms with Gasteiger partial charge in [0.2, 0.25) is 0 Å². The Morgan fingerprint density at radius 1 is 0.920 bits per heavy atom. The summed E-state index contributed by atoms with van der Waals surface area (Å²) in [4.78, 5) is 23.0. The fourth-order valence-corrected chi connectivity index (χ4v) is 1.70. The summed E-state index contributed by atoms with van der Waals surface area (Å²) in [6.45, 7) is 8.42. The van der Waals surface area contributed by atoms with Gasteiger partial charge in [-0.1, -0.05) is 0 Å². The molecule has 0 saturated carbocycles. The molecule has 0 unspecified atom stereocenters.